The molecule has 4 rings (SSSR count). The van der Waals surface area contributed by atoms with Crippen LogP contribution in [0, 0.1) is 12.7 Å². The molecule has 0 amide bonds. The number of nitrogens with one attached hydrogen (secondary N) is 1. The average molecular weight is 467 g/mol. The fourth-order valence-corrected chi connectivity index (χ4v) is 6.63. The molecule has 2 aromatic carbocycles. The Hall–Kier alpha value is -2.34. The Kier molecular flexibility index (Phi) is 5.86. The fourth-order valence-electron chi connectivity index (χ4n) is 3.78. The van der Waals surface area contributed by atoms with Crippen molar-refractivity contribution in [1.82, 2.24) is 9.21 Å². The third kappa shape index (κ3) is 4.49. The predicted octanol–water partition coefficient (Wildman–Crippen LogP) is 2.04. The van der Waals surface area contributed by atoms with E-state index in [1.165, 1.54) is 22.5 Å². The molecule has 11 heteroatoms. The normalized spacial score (nSPS) is 19.7. The third-order valence-corrected chi connectivity index (χ3v) is 8.78. The van der Waals surface area contributed by atoms with E-state index in [2.05, 4.69) is 9.71 Å². The van der Waals surface area contributed by atoms with Gasteiger partial charge in [0.2, 0.25) is 10.0 Å². The Labute approximate surface area is 181 Å². The van der Waals surface area contributed by atoms with Gasteiger partial charge in [-0.05, 0) is 49.7 Å². The first kappa shape index (κ1) is 21.9. The van der Waals surface area contributed by atoms with Crippen LogP contribution in [0.5, 0.6) is 0 Å². The van der Waals surface area contributed by atoms with Crippen molar-refractivity contribution in [2.75, 3.05) is 38.0 Å². The topological polar surface area (TPSA) is 99.2 Å². The van der Waals surface area contributed by atoms with Crippen LogP contribution in [-0.4, -0.2) is 64.6 Å². The number of amidine groups is 1. The number of hydrogen-bond acceptors (Lipinski definition) is 6. The number of halogens is 1. The van der Waals surface area contributed by atoms with Crippen LogP contribution < -0.4 is 5.32 Å². The van der Waals surface area contributed by atoms with Crippen molar-refractivity contribution >= 4 is 31.6 Å². The zero-order valence-electron chi connectivity index (χ0n) is 17.0. The summed E-state index contributed by atoms with van der Waals surface area (Å²) >= 11 is 0. The lowest BCUT2D eigenvalue weighted by atomic mass is 10.2. The number of aryl methyl sites for hydroxylation is 1. The molecular formula is C20H23FN4O4S2. The molecule has 1 N–H and O–H groups in total. The summed E-state index contributed by atoms with van der Waals surface area (Å²) in [6, 6.07) is 10.3. The zero-order valence-corrected chi connectivity index (χ0v) is 18.6. The summed E-state index contributed by atoms with van der Waals surface area (Å²) in [5.74, 6) is -0.292. The van der Waals surface area contributed by atoms with E-state index < -0.39 is 25.9 Å². The maximum absolute atomic E-state index is 13.7. The number of fused-ring (bicyclic) bond motifs is 1. The number of nitrogens with zero attached hydrogens (tertiary/aromatic N) is 3. The molecule has 31 heavy (non-hydrogen) atoms. The minimum atomic E-state index is -3.83. The third-order valence-electron chi connectivity index (χ3n) is 5.36. The first-order valence-corrected chi connectivity index (χ1v) is 12.7. The van der Waals surface area contributed by atoms with E-state index in [1.54, 1.807) is 25.1 Å². The second kappa shape index (κ2) is 8.30. The molecular weight excluding hydrogens is 443 g/mol. The van der Waals surface area contributed by atoms with Crippen LogP contribution in [-0.2, 0) is 20.0 Å². The Morgan fingerprint density at radius 2 is 1.87 bits per heavy atom. The van der Waals surface area contributed by atoms with Crippen LogP contribution in [0.3, 0.4) is 0 Å². The van der Waals surface area contributed by atoms with E-state index in [0.717, 1.165) is 6.07 Å². The Balaban J connectivity index is 1.48. The van der Waals surface area contributed by atoms with Gasteiger partial charge in [-0.3, -0.25) is 4.90 Å². The second-order valence-electron chi connectivity index (χ2n) is 7.58. The summed E-state index contributed by atoms with van der Waals surface area (Å²) in [5, 5.41) is 3.06. The number of benzene rings is 2. The van der Waals surface area contributed by atoms with E-state index >= 15 is 0 Å². The van der Waals surface area contributed by atoms with E-state index in [1.807, 2.05) is 4.90 Å². The van der Waals surface area contributed by atoms with E-state index in [9.17, 15) is 21.2 Å². The first-order chi connectivity index (χ1) is 14.7. The molecule has 0 spiro atoms. The number of sulfonamides is 2. The highest BCUT2D eigenvalue weighted by molar-refractivity contribution is 7.90. The van der Waals surface area contributed by atoms with Crippen LogP contribution in [0.15, 0.2) is 56.7 Å². The lowest BCUT2D eigenvalue weighted by Gasteiger charge is -2.25. The van der Waals surface area contributed by atoms with Gasteiger partial charge in [-0.1, -0.05) is 18.2 Å². The van der Waals surface area contributed by atoms with Crippen molar-refractivity contribution in [1.29, 1.82) is 0 Å². The molecule has 0 aromatic heterocycles. The molecule has 8 nitrogen and oxygen atoms in total. The van der Waals surface area contributed by atoms with Gasteiger partial charge in [0.25, 0.3) is 10.0 Å². The molecule has 2 aromatic rings. The number of anilines is 1. The molecule has 0 bridgehead atoms. The first-order valence-electron chi connectivity index (χ1n) is 9.85. The van der Waals surface area contributed by atoms with Crippen molar-refractivity contribution in [2.24, 2.45) is 4.40 Å². The van der Waals surface area contributed by atoms with Gasteiger partial charge in [0.05, 0.1) is 17.1 Å². The highest BCUT2D eigenvalue weighted by Crippen LogP contribution is 2.27. The number of rotatable bonds is 4. The Morgan fingerprint density at radius 1 is 1.10 bits per heavy atom. The van der Waals surface area contributed by atoms with Crippen molar-refractivity contribution < 1.29 is 21.2 Å². The van der Waals surface area contributed by atoms with Crippen molar-refractivity contribution in [3.8, 4) is 0 Å². The molecule has 0 atom stereocenters. The van der Waals surface area contributed by atoms with Crippen LogP contribution in [0.4, 0.5) is 10.1 Å². The van der Waals surface area contributed by atoms with E-state index in [0.29, 0.717) is 43.1 Å². The monoisotopic (exact) mass is 466 g/mol. The molecule has 2 aliphatic rings. The smallest absolute Gasteiger partial charge is 0.286 e. The lowest BCUT2D eigenvalue weighted by Crippen LogP contribution is -2.39. The van der Waals surface area contributed by atoms with Crippen molar-refractivity contribution in [3.63, 3.8) is 0 Å². The van der Waals surface area contributed by atoms with Gasteiger partial charge in [-0.25, -0.2) is 12.8 Å². The fraction of sp³-hybridized carbons (Fsp3) is 0.350. The molecule has 0 unspecified atom stereocenters. The summed E-state index contributed by atoms with van der Waals surface area (Å²) in [5.41, 5.74) is 0.972. The molecule has 166 valence electrons. The van der Waals surface area contributed by atoms with Gasteiger partial charge in [0, 0.05) is 19.6 Å². The van der Waals surface area contributed by atoms with E-state index in [4.69, 9.17) is 0 Å². The maximum atomic E-state index is 13.7. The molecule has 2 aliphatic heterocycles. The van der Waals surface area contributed by atoms with Crippen LogP contribution in [0.1, 0.15) is 12.0 Å². The molecule has 1 saturated heterocycles. The van der Waals surface area contributed by atoms with E-state index in [-0.39, 0.29) is 22.9 Å². The average Bonchev–Trinajstić information content (AvgIpc) is 2.95. The molecule has 0 saturated carbocycles. The quantitative estimate of drug-likeness (QED) is 0.741. The van der Waals surface area contributed by atoms with Gasteiger partial charge in [0.15, 0.2) is 0 Å². The summed E-state index contributed by atoms with van der Waals surface area (Å²) in [6.07, 6.45) is 0.560. The second-order valence-corrected chi connectivity index (χ2v) is 11.1. The minimum absolute atomic E-state index is 0.0260. The summed E-state index contributed by atoms with van der Waals surface area (Å²) in [7, 11) is -7.60. The maximum Gasteiger partial charge on any atom is 0.286 e. The van der Waals surface area contributed by atoms with Gasteiger partial charge >= 0.3 is 0 Å². The van der Waals surface area contributed by atoms with Gasteiger partial charge in [-0.2, -0.15) is 12.7 Å². The number of para-hydroxylation sites is 1. The summed E-state index contributed by atoms with van der Waals surface area (Å²) in [4.78, 5) is 2.07. The minimum Gasteiger partial charge on any atom is -0.341 e. The lowest BCUT2D eigenvalue weighted by molar-refractivity contribution is 0.324. The van der Waals surface area contributed by atoms with Gasteiger partial charge in [-0.15, -0.1) is 4.40 Å². The molecule has 0 aliphatic carbocycles. The van der Waals surface area contributed by atoms with Crippen LogP contribution in [0.25, 0.3) is 0 Å². The Morgan fingerprint density at radius 3 is 2.68 bits per heavy atom. The SMILES string of the molecule is Cc1ccc(F)cc1S(=O)(=O)N1CCCN(CC2=NS(=O)(=O)c3ccccc3N2)CC1. The van der Waals surface area contributed by atoms with Crippen molar-refractivity contribution in [3.05, 3.63) is 53.8 Å². The predicted molar refractivity (Wildman–Crippen MR) is 116 cm³/mol. The highest BCUT2D eigenvalue weighted by atomic mass is 32.2. The largest absolute Gasteiger partial charge is 0.341 e. The molecule has 0 radical (unpaired) electrons. The van der Waals surface area contributed by atoms with Crippen molar-refractivity contribution in [2.45, 2.75) is 23.1 Å². The Bertz CT molecular complexity index is 1250. The van der Waals surface area contributed by atoms with Gasteiger partial charge in [0.1, 0.15) is 16.5 Å². The molecule has 2 heterocycles. The van der Waals surface area contributed by atoms with Crippen LogP contribution >= 0.6 is 0 Å². The van der Waals surface area contributed by atoms with Crippen LogP contribution in [0.2, 0.25) is 0 Å². The highest BCUT2D eigenvalue weighted by Gasteiger charge is 2.30. The molecule has 1 fully saturated rings. The van der Waals surface area contributed by atoms with Gasteiger partial charge < -0.3 is 5.32 Å². The summed E-state index contributed by atoms with van der Waals surface area (Å²) < 4.78 is 69.9. The zero-order chi connectivity index (χ0) is 22.2. The summed E-state index contributed by atoms with van der Waals surface area (Å²) in [6.45, 7) is 3.39. The number of hydrogen-bond donors (Lipinski definition) is 1. The standard InChI is InChI=1S/C20H23FN4O4S2/c1-15-7-8-16(21)13-19(15)31(28,29)25-10-4-9-24(11-12-25)14-20-22-17-5-2-3-6-18(17)30(26,27)23-20/h2-3,5-8,13H,4,9-12,14H2,1H3,(H,22,23).